The van der Waals surface area contributed by atoms with Crippen LogP contribution in [-0.4, -0.2) is 48.0 Å². The lowest BCUT2D eigenvalue weighted by Gasteiger charge is -2.21. The molecule has 0 unspecified atom stereocenters. The molecule has 1 atom stereocenters. The first kappa shape index (κ1) is 18.2. The molecule has 1 saturated heterocycles. The van der Waals surface area contributed by atoms with Crippen LogP contribution in [0.2, 0.25) is 0 Å². The van der Waals surface area contributed by atoms with E-state index in [9.17, 15) is 4.79 Å². The normalized spacial score (nSPS) is 17.5. The zero-order valence-electron chi connectivity index (χ0n) is 15.4. The standard InChI is InChI=1S/C20H26N4O2/c1-21-19-14-22-16(13-23-19)12-15-6-5-10-24(11-9-15)20(25)17-7-3-4-8-18(17)26-2/h3-4,7-8,13-15H,5-6,9-12H2,1-2H3,(H,21,23)/t15-/m1/s1. The summed E-state index contributed by atoms with van der Waals surface area (Å²) in [5.74, 6) is 2.00. The number of anilines is 1. The van der Waals surface area contributed by atoms with Crippen LogP contribution >= 0.6 is 0 Å². The molecule has 2 heterocycles. The molecular formula is C20H26N4O2. The summed E-state index contributed by atoms with van der Waals surface area (Å²) in [6.07, 6.45) is 7.61. The molecule has 0 bridgehead atoms. The van der Waals surface area contributed by atoms with Crippen LogP contribution in [0.25, 0.3) is 0 Å². The van der Waals surface area contributed by atoms with Gasteiger partial charge in [-0.3, -0.25) is 9.78 Å². The van der Waals surface area contributed by atoms with Crippen molar-refractivity contribution in [3.63, 3.8) is 0 Å². The number of nitrogens with zero attached hydrogens (tertiary/aromatic N) is 3. The van der Waals surface area contributed by atoms with Crippen molar-refractivity contribution in [2.75, 3.05) is 32.6 Å². The number of ether oxygens (including phenoxy) is 1. The predicted molar refractivity (Wildman–Crippen MR) is 102 cm³/mol. The molecular weight excluding hydrogens is 328 g/mol. The number of nitrogens with one attached hydrogen (secondary N) is 1. The molecule has 1 aliphatic heterocycles. The summed E-state index contributed by atoms with van der Waals surface area (Å²) < 4.78 is 5.34. The highest BCUT2D eigenvalue weighted by Gasteiger charge is 2.23. The first-order valence-corrected chi connectivity index (χ1v) is 9.12. The smallest absolute Gasteiger partial charge is 0.257 e. The van der Waals surface area contributed by atoms with E-state index >= 15 is 0 Å². The lowest BCUT2D eigenvalue weighted by molar-refractivity contribution is 0.0756. The van der Waals surface area contributed by atoms with E-state index in [4.69, 9.17) is 4.74 Å². The van der Waals surface area contributed by atoms with Crippen LogP contribution in [-0.2, 0) is 6.42 Å². The van der Waals surface area contributed by atoms with Gasteiger partial charge in [0.25, 0.3) is 5.91 Å². The number of methoxy groups -OCH3 is 1. The number of rotatable bonds is 5. The molecule has 0 aliphatic carbocycles. The first-order valence-electron chi connectivity index (χ1n) is 9.12. The third-order valence-corrected chi connectivity index (χ3v) is 4.93. The SMILES string of the molecule is CNc1cnc(C[C@@H]2CCCN(C(=O)c3ccccc3OC)CC2)cn1. The van der Waals surface area contributed by atoms with E-state index in [-0.39, 0.29) is 5.91 Å². The fourth-order valence-corrected chi connectivity index (χ4v) is 3.45. The van der Waals surface area contributed by atoms with Crippen molar-refractivity contribution in [2.45, 2.75) is 25.7 Å². The Balaban J connectivity index is 1.61. The van der Waals surface area contributed by atoms with Crippen LogP contribution in [0, 0.1) is 5.92 Å². The van der Waals surface area contributed by atoms with Gasteiger partial charge in [-0.05, 0) is 43.7 Å². The first-order chi connectivity index (χ1) is 12.7. The molecule has 6 nitrogen and oxygen atoms in total. The Morgan fingerprint density at radius 2 is 2.08 bits per heavy atom. The average Bonchev–Trinajstić information content (AvgIpc) is 2.93. The van der Waals surface area contributed by atoms with Gasteiger partial charge in [-0.1, -0.05) is 12.1 Å². The van der Waals surface area contributed by atoms with Crippen LogP contribution in [0.4, 0.5) is 5.82 Å². The summed E-state index contributed by atoms with van der Waals surface area (Å²) in [7, 11) is 3.44. The van der Waals surface area contributed by atoms with Crippen LogP contribution in [0.15, 0.2) is 36.7 Å². The molecule has 138 valence electrons. The molecule has 1 aromatic heterocycles. The van der Waals surface area contributed by atoms with Gasteiger partial charge in [-0.2, -0.15) is 0 Å². The summed E-state index contributed by atoms with van der Waals surface area (Å²) in [6.45, 7) is 1.56. The Morgan fingerprint density at radius 3 is 2.81 bits per heavy atom. The fourth-order valence-electron chi connectivity index (χ4n) is 3.45. The van der Waals surface area contributed by atoms with Crippen LogP contribution < -0.4 is 10.1 Å². The maximum atomic E-state index is 12.9. The number of benzene rings is 1. The van der Waals surface area contributed by atoms with Gasteiger partial charge in [-0.25, -0.2) is 4.98 Å². The zero-order valence-corrected chi connectivity index (χ0v) is 15.4. The average molecular weight is 354 g/mol. The molecule has 2 aromatic rings. The summed E-state index contributed by atoms with van der Waals surface area (Å²) in [6, 6.07) is 7.43. The summed E-state index contributed by atoms with van der Waals surface area (Å²) >= 11 is 0. The quantitative estimate of drug-likeness (QED) is 0.894. The Hall–Kier alpha value is -2.63. The van der Waals surface area contributed by atoms with E-state index < -0.39 is 0 Å². The number of carbonyl (C=O) groups excluding carboxylic acids is 1. The fraction of sp³-hybridized carbons (Fsp3) is 0.450. The molecule has 26 heavy (non-hydrogen) atoms. The molecule has 1 aromatic carbocycles. The van der Waals surface area contributed by atoms with Gasteiger partial charge in [0.05, 0.1) is 30.8 Å². The number of carbonyl (C=O) groups is 1. The number of hydrogen-bond acceptors (Lipinski definition) is 5. The highest BCUT2D eigenvalue weighted by Crippen LogP contribution is 2.24. The molecule has 3 rings (SSSR count). The summed E-state index contributed by atoms with van der Waals surface area (Å²) in [5.41, 5.74) is 1.65. The monoisotopic (exact) mass is 354 g/mol. The largest absolute Gasteiger partial charge is 0.496 e. The van der Waals surface area contributed by atoms with Crippen LogP contribution in [0.3, 0.4) is 0 Å². The van der Waals surface area contributed by atoms with Gasteiger partial charge >= 0.3 is 0 Å². The Morgan fingerprint density at radius 1 is 1.23 bits per heavy atom. The van der Waals surface area contributed by atoms with Gasteiger partial charge in [0, 0.05) is 20.1 Å². The highest BCUT2D eigenvalue weighted by atomic mass is 16.5. The van der Waals surface area contributed by atoms with Crippen molar-refractivity contribution in [1.82, 2.24) is 14.9 Å². The van der Waals surface area contributed by atoms with Crippen molar-refractivity contribution in [3.8, 4) is 5.75 Å². The van der Waals surface area contributed by atoms with Gasteiger partial charge in [0.1, 0.15) is 11.6 Å². The van der Waals surface area contributed by atoms with Crippen LogP contribution in [0.5, 0.6) is 5.75 Å². The van der Waals surface area contributed by atoms with Gasteiger partial charge in [-0.15, -0.1) is 0 Å². The number of para-hydroxylation sites is 1. The molecule has 1 aliphatic rings. The van der Waals surface area contributed by atoms with E-state index in [1.54, 1.807) is 13.3 Å². The third kappa shape index (κ3) is 4.31. The maximum Gasteiger partial charge on any atom is 0.257 e. The van der Waals surface area contributed by atoms with Crippen molar-refractivity contribution in [3.05, 3.63) is 47.9 Å². The van der Waals surface area contributed by atoms with Crippen molar-refractivity contribution in [2.24, 2.45) is 5.92 Å². The Labute approximate surface area is 154 Å². The van der Waals surface area contributed by atoms with Crippen LogP contribution in [0.1, 0.15) is 35.3 Å². The minimum atomic E-state index is 0.0567. The van der Waals surface area contributed by atoms with Gasteiger partial charge in [0.15, 0.2) is 0 Å². The zero-order chi connectivity index (χ0) is 18.4. The van der Waals surface area contributed by atoms with E-state index in [1.807, 2.05) is 42.4 Å². The van der Waals surface area contributed by atoms with E-state index in [0.29, 0.717) is 17.2 Å². The number of aromatic nitrogens is 2. The molecule has 1 amide bonds. The minimum Gasteiger partial charge on any atom is -0.496 e. The second-order valence-electron chi connectivity index (χ2n) is 6.64. The minimum absolute atomic E-state index is 0.0567. The van der Waals surface area contributed by atoms with Crippen molar-refractivity contribution >= 4 is 11.7 Å². The summed E-state index contributed by atoms with van der Waals surface area (Å²) in [5, 5.41) is 2.98. The Kier molecular flexibility index (Phi) is 6.04. The van der Waals surface area contributed by atoms with E-state index in [2.05, 4.69) is 15.3 Å². The van der Waals surface area contributed by atoms with Gasteiger partial charge in [0.2, 0.25) is 0 Å². The number of likely N-dealkylation sites (tertiary alicyclic amines) is 1. The van der Waals surface area contributed by atoms with Crippen molar-refractivity contribution < 1.29 is 9.53 Å². The summed E-state index contributed by atoms with van der Waals surface area (Å²) in [4.78, 5) is 23.6. The third-order valence-electron chi connectivity index (χ3n) is 4.93. The lowest BCUT2D eigenvalue weighted by atomic mass is 9.95. The molecule has 0 spiro atoms. The second-order valence-corrected chi connectivity index (χ2v) is 6.64. The van der Waals surface area contributed by atoms with E-state index in [0.717, 1.165) is 50.3 Å². The maximum absolute atomic E-state index is 12.9. The van der Waals surface area contributed by atoms with Gasteiger partial charge < -0.3 is 15.0 Å². The second kappa shape index (κ2) is 8.65. The van der Waals surface area contributed by atoms with Crippen molar-refractivity contribution in [1.29, 1.82) is 0 Å². The topological polar surface area (TPSA) is 67.4 Å². The van der Waals surface area contributed by atoms with E-state index in [1.165, 1.54) is 0 Å². The molecule has 1 fully saturated rings. The lowest BCUT2D eigenvalue weighted by Crippen LogP contribution is -2.32. The number of hydrogen-bond donors (Lipinski definition) is 1. The molecule has 0 radical (unpaired) electrons. The highest BCUT2D eigenvalue weighted by molar-refractivity contribution is 5.96. The Bertz CT molecular complexity index is 733. The molecule has 6 heteroatoms. The molecule has 1 N–H and O–H groups in total. The number of amides is 1. The predicted octanol–water partition coefficient (Wildman–Crippen LogP) is 3.01. The molecule has 0 saturated carbocycles.